The van der Waals surface area contributed by atoms with Crippen LogP contribution >= 0.6 is 0 Å². The Morgan fingerprint density at radius 3 is 1.73 bits per heavy atom. The van der Waals surface area contributed by atoms with Gasteiger partial charge in [0.1, 0.15) is 0 Å². The van der Waals surface area contributed by atoms with Crippen molar-refractivity contribution in [3.05, 3.63) is 35.9 Å². The van der Waals surface area contributed by atoms with E-state index in [0.717, 1.165) is 5.56 Å². The van der Waals surface area contributed by atoms with Gasteiger partial charge in [0.15, 0.2) is 0 Å². The van der Waals surface area contributed by atoms with Crippen molar-refractivity contribution in [2.24, 2.45) is 5.92 Å². The average Bonchev–Trinajstić information content (AvgIpc) is 2.66. The Balaban J connectivity index is 3.12. The molecule has 1 aromatic carbocycles. The second-order valence-corrected chi connectivity index (χ2v) is 22.1. The molecule has 0 saturated heterocycles. The number of carbonyl (C=O) groups excluding carboxylic acids is 1. The molecule has 0 bridgehead atoms. The fourth-order valence-corrected chi connectivity index (χ4v) is 23.4. The van der Waals surface area contributed by atoms with Crippen molar-refractivity contribution in [1.82, 2.24) is 5.32 Å². The predicted octanol–water partition coefficient (Wildman–Crippen LogP) is 6.83. The Bertz CT molecular complexity index is 478. The van der Waals surface area contributed by atoms with E-state index in [-0.39, 0.29) is 5.91 Å². The van der Waals surface area contributed by atoms with Crippen LogP contribution in [0, 0.1) is 5.92 Å². The van der Waals surface area contributed by atoms with Gasteiger partial charge in [-0.2, -0.15) is 0 Å². The molecule has 1 unspecified atom stereocenters. The van der Waals surface area contributed by atoms with E-state index in [9.17, 15) is 4.79 Å². The number of benzene rings is 1. The topological polar surface area (TPSA) is 29.1 Å². The van der Waals surface area contributed by atoms with E-state index >= 15 is 0 Å². The molecule has 0 radical (unpaired) electrons. The first-order valence-corrected chi connectivity index (χ1v) is 18.6. The molecular weight excluding hydrogens is 425 g/mol. The fourth-order valence-electron chi connectivity index (χ4n) is 4.27. The van der Waals surface area contributed by atoms with Gasteiger partial charge in [0.05, 0.1) is 0 Å². The zero-order valence-electron chi connectivity index (χ0n) is 17.8. The van der Waals surface area contributed by atoms with Gasteiger partial charge in [-0.25, -0.2) is 0 Å². The zero-order chi connectivity index (χ0) is 19.4. The summed E-state index contributed by atoms with van der Waals surface area (Å²) in [4.78, 5) is 13.0. The predicted molar refractivity (Wildman–Crippen MR) is 117 cm³/mol. The van der Waals surface area contributed by atoms with Crippen molar-refractivity contribution < 1.29 is 4.79 Å². The number of nitrogens with one attached hydrogen (secondary N) is 1. The summed E-state index contributed by atoms with van der Waals surface area (Å²) in [6.45, 7) is 11.6. The molecular formula is C23H41NOSn. The van der Waals surface area contributed by atoms with Crippen LogP contribution in [0.3, 0.4) is 0 Å². The van der Waals surface area contributed by atoms with Crippen molar-refractivity contribution in [2.45, 2.75) is 90.5 Å². The minimum absolute atomic E-state index is 0.134. The van der Waals surface area contributed by atoms with Gasteiger partial charge >= 0.3 is 167 Å². The number of unbranched alkanes of at least 4 members (excludes halogenated alkanes) is 3. The molecule has 0 aromatic heterocycles. The van der Waals surface area contributed by atoms with Crippen LogP contribution < -0.4 is 5.32 Å². The van der Waals surface area contributed by atoms with Crippen molar-refractivity contribution in [1.29, 1.82) is 0 Å². The SMILES string of the molecule is CCC[CH2][Sn]([CH2]CCC)([CH2]CCC)[CH](NC(=O)c1ccccc1)C(C)C. The second-order valence-electron chi connectivity index (χ2n) is 8.23. The summed E-state index contributed by atoms with van der Waals surface area (Å²) in [6.07, 6.45) is 7.84. The van der Waals surface area contributed by atoms with Gasteiger partial charge in [-0.1, -0.05) is 0 Å². The first-order chi connectivity index (χ1) is 12.5. The molecule has 1 rings (SSSR count). The van der Waals surface area contributed by atoms with Gasteiger partial charge in [-0.3, -0.25) is 0 Å². The van der Waals surface area contributed by atoms with Crippen LogP contribution in [0.2, 0.25) is 13.3 Å². The minimum atomic E-state index is -2.50. The molecule has 148 valence electrons. The third-order valence-electron chi connectivity index (χ3n) is 5.73. The van der Waals surface area contributed by atoms with E-state index in [2.05, 4.69) is 39.9 Å². The van der Waals surface area contributed by atoms with Gasteiger partial charge in [-0.15, -0.1) is 0 Å². The van der Waals surface area contributed by atoms with Crippen LogP contribution in [0.4, 0.5) is 0 Å². The summed E-state index contributed by atoms with van der Waals surface area (Å²) >= 11 is -2.50. The van der Waals surface area contributed by atoms with E-state index in [1.165, 1.54) is 51.8 Å². The Morgan fingerprint density at radius 2 is 1.35 bits per heavy atom. The molecule has 1 N–H and O–H groups in total. The normalized spacial score (nSPS) is 13.0. The molecule has 0 spiro atoms. The molecule has 0 heterocycles. The number of amides is 1. The summed E-state index contributed by atoms with van der Waals surface area (Å²) in [6, 6.07) is 9.77. The van der Waals surface area contributed by atoms with Crippen molar-refractivity contribution in [2.75, 3.05) is 0 Å². The average molecular weight is 466 g/mol. The first kappa shape index (κ1) is 23.5. The van der Waals surface area contributed by atoms with Crippen molar-refractivity contribution in [3.8, 4) is 0 Å². The number of hydrogen-bond donors (Lipinski definition) is 1. The van der Waals surface area contributed by atoms with Crippen LogP contribution in [-0.2, 0) is 0 Å². The number of hydrogen-bond acceptors (Lipinski definition) is 1. The van der Waals surface area contributed by atoms with Gasteiger partial charge in [0.2, 0.25) is 0 Å². The molecule has 0 saturated carbocycles. The van der Waals surface area contributed by atoms with Crippen LogP contribution in [-0.4, -0.2) is 28.3 Å². The van der Waals surface area contributed by atoms with Gasteiger partial charge in [0.25, 0.3) is 0 Å². The second kappa shape index (κ2) is 12.8. The summed E-state index contributed by atoms with van der Waals surface area (Å²) in [5.74, 6) is 0.666. The Hall–Kier alpha value is -0.511. The van der Waals surface area contributed by atoms with E-state index in [0.29, 0.717) is 9.98 Å². The molecule has 0 aliphatic carbocycles. The van der Waals surface area contributed by atoms with Gasteiger partial charge in [0, 0.05) is 0 Å². The quantitative estimate of drug-likeness (QED) is 0.317. The van der Waals surface area contributed by atoms with E-state index in [4.69, 9.17) is 0 Å². The van der Waals surface area contributed by atoms with E-state index in [1.807, 2.05) is 30.3 Å². The summed E-state index contributed by atoms with van der Waals surface area (Å²) in [5, 5.41) is 3.55. The number of carbonyl (C=O) groups is 1. The molecule has 2 nitrogen and oxygen atoms in total. The molecule has 0 aliphatic rings. The maximum atomic E-state index is 13.0. The van der Waals surface area contributed by atoms with E-state index < -0.39 is 18.4 Å². The summed E-state index contributed by atoms with van der Waals surface area (Å²) < 4.78 is 4.75. The molecule has 1 amide bonds. The monoisotopic (exact) mass is 467 g/mol. The molecule has 1 aromatic rings. The Labute approximate surface area is 166 Å². The number of rotatable bonds is 13. The van der Waals surface area contributed by atoms with Crippen LogP contribution in [0.15, 0.2) is 30.3 Å². The molecule has 1 atom stereocenters. The van der Waals surface area contributed by atoms with Crippen LogP contribution in [0.5, 0.6) is 0 Å². The van der Waals surface area contributed by atoms with Crippen molar-refractivity contribution in [3.63, 3.8) is 0 Å². The van der Waals surface area contributed by atoms with Crippen molar-refractivity contribution >= 4 is 24.3 Å². The fraction of sp³-hybridized carbons (Fsp3) is 0.696. The van der Waals surface area contributed by atoms with Gasteiger partial charge < -0.3 is 0 Å². The third-order valence-corrected chi connectivity index (χ3v) is 23.4. The zero-order valence-corrected chi connectivity index (χ0v) is 20.7. The molecule has 0 fully saturated rings. The Kier molecular flexibility index (Phi) is 11.6. The summed E-state index contributed by atoms with van der Waals surface area (Å²) in [5.41, 5.74) is 0.805. The summed E-state index contributed by atoms with van der Waals surface area (Å²) in [7, 11) is 0. The van der Waals surface area contributed by atoms with E-state index in [1.54, 1.807) is 0 Å². The molecule has 3 heteroatoms. The standard InChI is InChI=1S/C11H14NO.3C4H9.Sn/c1-9(2)8-12-11(13)10-6-4-3-5-7-10;3*1-3-4-2;/h3-9H,1-2H3,(H,12,13);3*1,3-4H2,2H3;. The maximum absolute atomic E-state index is 13.0. The van der Waals surface area contributed by atoms with Crippen LogP contribution in [0.25, 0.3) is 0 Å². The first-order valence-electron chi connectivity index (χ1n) is 10.9. The molecule has 26 heavy (non-hydrogen) atoms. The van der Waals surface area contributed by atoms with Crippen LogP contribution in [0.1, 0.15) is 83.5 Å². The van der Waals surface area contributed by atoms with Gasteiger partial charge in [-0.05, 0) is 0 Å². The third kappa shape index (κ3) is 7.25. The Morgan fingerprint density at radius 1 is 0.885 bits per heavy atom. The molecule has 0 aliphatic heterocycles.